The molecular formula is C15H21F2NO2. The van der Waals surface area contributed by atoms with E-state index in [0.717, 1.165) is 31.4 Å². The molecule has 0 radical (unpaired) electrons. The summed E-state index contributed by atoms with van der Waals surface area (Å²) in [5.41, 5.74) is 1.07. The van der Waals surface area contributed by atoms with Crippen molar-refractivity contribution in [2.45, 2.75) is 38.3 Å². The normalized spacial score (nSPS) is 22.4. The summed E-state index contributed by atoms with van der Waals surface area (Å²) in [6.45, 7) is 0.945. The number of aliphatic hydroxyl groups excluding tert-OH is 1. The smallest absolute Gasteiger partial charge is 0.272 e. The molecule has 0 aliphatic heterocycles. The summed E-state index contributed by atoms with van der Waals surface area (Å²) in [4.78, 5) is 0. The fourth-order valence-electron chi connectivity index (χ4n) is 2.52. The van der Waals surface area contributed by atoms with Gasteiger partial charge in [-0.05, 0) is 36.5 Å². The second-order valence-electron chi connectivity index (χ2n) is 5.24. The van der Waals surface area contributed by atoms with Gasteiger partial charge in [0.05, 0.1) is 6.10 Å². The average Bonchev–Trinajstić information content (AvgIpc) is 2.83. The topological polar surface area (TPSA) is 41.5 Å². The van der Waals surface area contributed by atoms with Gasteiger partial charge in [0.15, 0.2) is 0 Å². The lowest BCUT2D eigenvalue weighted by Crippen LogP contribution is -2.27. The maximum atomic E-state index is 12.0. The Hall–Kier alpha value is -1.20. The molecule has 1 aromatic carbocycles. The van der Waals surface area contributed by atoms with E-state index in [1.807, 2.05) is 12.1 Å². The van der Waals surface area contributed by atoms with Crippen LogP contribution in [0, 0.1) is 5.92 Å². The summed E-state index contributed by atoms with van der Waals surface area (Å²) < 4.78 is 28.9. The number of ether oxygens (including phenoxy) is 1. The predicted molar refractivity (Wildman–Crippen MR) is 73.0 cm³/mol. The Labute approximate surface area is 117 Å². The fraction of sp³-hybridized carbons (Fsp3) is 0.600. The minimum atomic E-state index is -2.45. The van der Waals surface area contributed by atoms with Gasteiger partial charge < -0.3 is 15.2 Å². The number of rotatable bonds is 7. The molecule has 1 aliphatic rings. The number of nitrogens with one attached hydrogen (secondary N) is 1. The van der Waals surface area contributed by atoms with E-state index in [1.165, 1.54) is 0 Å². The van der Waals surface area contributed by atoms with Crippen LogP contribution in [0.3, 0.4) is 0 Å². The molecule has 1 aliphatic carbocycles. The summed E-state index contributed by atoms with van der Waals surface area (Å²) in [5.74, 6) is 0.809. The number of hydrogen-bond acceptors (Lipinski definition) is 3. The molecule has 112 valence electrons. The first kappa shape index (κ1) is 15.2. The van der Waals surface area contributed by atoms with Crippen molar-refractivity contribution >= 4 is 0 Å². The molecule has 0 heterocycles. The first-order valence-corrected chi connectivity index (χ1v) is 7.04. The predicted octanol–water partition coefficient (Wildman–Crippen LogP) is 2.58. The lowest BCUT2D eigenvalue weighted by molar-refractivity contribution is 0.0819. The van der Waals surface area contributed by atoms with Gasteiger partial charge in [-0.3, -0.25) is 0 Å². The van der Waals surface area contributed by atoms with Crippen molar-refractivity contribution in [3.8, 4) is 5.75 Å². The quantitative estimate of drug-likeness (QED) is 0.809. The molecule has 0 bridgehead atoms. The molecule has 1 fully saturated rings. The number of halogens is 2. The third-order valence-electron chi connectivity index (χ3n) is 3.65. The van der Waals surface area contributed by atoms with Crippen molar-refractivity contribution in [3.63, 3.8) is 0 Å². The first-order valence-electron chi connectivity index (χ1n) is 7.04. The van der Waals surface area contributed by atoms with Crippen LogP contribution in [0.1, 0.15) is 24.8 Å². The van der Waals surface area contributed by atoms with Crippen LogP contribution >= 0.6 is 0 Å². The molecule has 0 amide bonds. The lowest BCUT2D eigenvalue weighted by atomic mass is 10.1. The van der Waals surface area contributed by atoms with Crippen molar-refractivity contribution in [1.29, 1.82) is 0 Å². The highest BCUT2D eigenvalue weighted by Gasteiger charge is 2.24. The Kier molecular flexibility index (Phi) is 5.73. The maximum absolute atomic E-state index is 12.0. The number of alkyl halides is 2. The van der Waals surface area contributed by atoms with Crippen molar-refractivity contribution in [2.24, 2.45) is 5.92 Å². The van der Waals surface area contributed by atoms with E-state index >= 15 is 0 Å². The first-order chi connectivity index (χ1) is 9.65. The van der Waals surface area contributed by atoms with Crippen LogP contribution in [0.5, 0.6) is 5.75 Å². The van der Waals surface area contributed by atoms with E-state index in [0.29, 0.717) is 18.2 Å². The second-order valence-corrected chi connectivity index (χ2v) is 5.24. The number of hydrogen-bond donors (Lipinski definition) is 2. The third-order valence-corrected chi connectivity index (χ3v) is 3.65. The minimum absolute atomic E-state index is 0.173. The van der Waals surface area contributed by atoms with E-state index in [1.54, 1.807) is 12.1 Å². The Morgan fingerprint density at radius 2 is 2.00 bits per heavy atom. The minimum Gasteiger partial charge on any atom is -0.488 e. The highest BCUT2D eigenvalue weighted by molar-refractivity contribution is 5.27. The zero-order valence-corrected chi connectivity index (χ0v) is 11.4. The second kappa shape index (κ2) is 7.55. The van der Waals surface area contributed by atoms with Crippen molar-refractivity contribution in [3.05, 3.63) is 29.8 Å². The Bertz CT molecular complexity index is 397. The van der Waals surface area contributed by atoms with Crippen LogP contribution in [0.25, 0.3) is 0 Å². The van der Waals surface area contributed by atoms with E-state index < -0.39 is 13.0 Å². The summed E-state index contributed by atoms with van der Waals surface area (Å²) in [5, 5.41) is 13.0. The van der Waals surface area contributed by atoms with Crippen molar-refractivity contribution in [1.82, 2.24) is 5.32 Å². The summed E-state index contributed by atoms with van der Waals surface area (Å²) in [6, 6.07) is 7.12. The van der Waals surface area contributed by atoms with Crippen LogP contribution in [-0.4, -0.2) is 30.8 Å². The molecule has 1 aromatic rings. The van der Waals surface area contributed by atoms with E-state index in [9.17, 15) is 13.9 Å². The number of benzene rings is 1. The zero-order valence-electron chi connectivity index (χ0n) is 11.4. The van der Waals surface area contributed by atoms with E-state index in [4.69, 9.17) is 4.74 Å². The Morgan fingerprint density at radius 1 is 1.25 bits per heavy atom. The van der Waals surface area contributed by atoms with Crippen LogP contribution in [-0.2, 0) is 6.54 Å². The van der Waals surface area contributed by atoms with Crippen molar-refractivity contribution < 1.29 is 18.6 Å². The highest BCUT2D eigenvalue weighted by Crippen LogP contribution is 2.24. The zero-order chi connectivity index (χ0) is 14.4. The fourth-order valence-corrected chi connectivity index (χ4v) is 2.52. The largest absolute Gasteiger partial charge is 0.488 e. The SMILES string of the molecule is OC1CCCC1CNCc1ccc(OCC(F)F)cc1. The molecule has 20 heavy (non-hydrogen) atoms. The van der Waals surface area contributed by atoms with Gasteiger partial charge in [-0.2, -0.15) is 0 Å². The van der Waals surface area contributed by atoms with Gasteiger partial charge in [0.1, 0.15) is 12.4 Å². The maximum Gasteiger partial charge on any atom is 0.272 e. The summed E-state index contributed by atoms with van der Waals surface area (Å²) >= 11 is 0. The van der Waals surface area contributed by atoms with E-state index in [2.05, 4.69) is 5.32 Å². The Morgan fingerprint density at radius 3 is 2.60 bits per heavy atom. The average molecular weight is 285 g/mol. The van der Waals surface area contributed by atoms with Crippen LogP contribution in [0.15, 0.2) is 24.3 Å². The molecule has 0 aromatic heterocycles. The third kappa shape index (κ3) is 4.72. The summed E-state index contributed by atoms with van der Waals surface area (Å²) in [6.07, 6.45) is 0.461. The highest BCUT2D eigenvalue weighted by atomic mass is 19.3. The van der Waals surface area contributed by atoms with Gasteiger partial charge in [0.2, 0.25) is 0 Å². The van der Waals surface area contributed by atoms with Gasteiger partial charge in [0.25, 0.3) is 6.43 Å². The molecule has 2 unspecified atom stereocenters. The van der Waals surface area contributed by atoms with Gasteiger partial charge in [-0.25, -0.2) is 8.78 Å². The molecule has 2 rings (SSSR count). The summed E-state index contributed by atoms with van der Waals surface area (Å²) in [7, 11) is 0. The molecule has 2 atom stereocenters. The molecule has 2 N–H and O–H groups in total. The molecule has 0 spiro atoms. The molecular weight excluding hydrogens is 264 g/mol. The van der Waals surface area contributed by atoms with Gasteiger partial charge in [-0.15, -0.1) is 0 Å². The monoisotopic (exact) mass is 285 g/mol. The van der Waals surface area contributed by atoms with Crippen LogP contribution < -0.4 is 10.1 Å². The van der Waals surface area contributed by atoms with Gasteiger partial charge >= 0.3 is 0 Å². The molecule has 3 nitrogen and oxygen atoms in total. The standard InChI is InChI=1S/C15H21F2NO2/c16-15(17)10-20-13-6-4-11(5-7-13)8-18-9-12-2-1-3-14(12)19/h4-7,12,14-15,18-19H,1-3,8-10H2. The number of aliphatic hydroxyl groups is 1. The molecule has 5 heteroatoms. The van der Waals surface area contributed by atoms with Gasteiger partial charge in [0, 0.05) is 13.1 Å². The molecule has 0 saturated heterocycles. The lowest BCUT2D eigenvalue weighted by Gasteiger charge is -2.15. The van der Waals surface area contributed by atoms with Crippen molar-refractivity contribution in [2.75, 3.05) is 13.2 Å². The van der Waals surface area contributed by atoms with E-state index in [-0.39, 0.29) is 6.10 Å². The molecule has 1 saturated carbocycles. The van der Waals surface area contributed by atoms with Gasteiger partial charge in [-0.1, -0.05) is 18.6 Å². The van der Waals surface area contributed by atoms with Crippen LogP contribution in [0.2, 0.25) is 0 Å². The van der Waals surface area contributed by atoms with Crippen LogP contribution in [0.4, 0.5) is 8.78 Å². The Balaban J connectivity index is 1.70.